The van der Waals surface area contributed by atoms with Crippen molar-refractivity contribution in [2.45, 2.75) is 26.7 Å². The molecule has 1 aromatic heterocycles. The first-order valence-corrected chi connectivity index (χ1v) is 6.80. The van der Waals surface area contributed by atoms with Crippen LogP contribution in [0.25, 0.3) is 21.7 Å². The minimum atomic E-state index is -0.484. The van der Waals surface area contributed by atoms with Crippen LogP contribution in [0.2, 0.25) is 0 Å². The van der Waals surface area contributed by atoms with Crippen LogP contribution >= 0.6 is 0 Å². The second kappa shape index (κ2) is 4.67. The molecule has 0 saturated heterocycles. The average molecular weight is 268 g/mol. The first-order chi connectivity index (χ1) is 9.63. The van der Waals surface area contributed by atoms with Gasteiger partial charge in [-0.25, -0.2) is 4.79 Å². The normalized spacial score (nSPS) is 11.3. The molecule has 102 valence electrons. The van der Waals surface area contributed by atoms with E-state index in [2.05, 4.69) is 6.92 Å². The van der Waals surface area contributed by atoms with E-state index in [9.17, 15) is 9.90 Å². The van der Waals surface area contributed by atoms with Gasteiger partial charge >= 0.3 is 5.63 Å². The molecule has 2 aromatic carbocycles. The van der Waals surface area contributed by atoms with Crippen molar-refractivity contribution in [3.63, 3.8) is 0 Å². The summed E-state index contributed by atoms with van der Waals surface area (Å²) in [6, 6.07) is 9.42. The average Bonchev–Trinajstić information content (AvgIpc) is 2.44. The van der Waals surface area contributed by atoms with Gasteiger partial charge in [0.15, 0.2) is 0 Å². The maximum Gasteiger partial charge on any atom is 0.347 e. The minimum Gasteiger partial charge on any atom is -0.507 e. The van der Waals surface area contributed by atoms with Crippen LogP contribution in [0.3, 0.4) is 0 Å². The summed E-state index contributed by atoms with van der Waals surface area (Å²) in [6.45, 7) is 3.94. The summed E-state index contributed by atoms with van der Waals surface area (Å²) in [5.41, 5.74) is 1.91. The molecule has 3 aromatic rings. The molecule has 0 aliphatic carbocycles. The number of aryl methyl sites for hydroxylation is 1. The Morgan fingerprint density at radius 1 is 1.20 bits per heavy atom. The molecule has 0 unspecified atom stereocenters. The molecular weight excluding hydrogens is 252 g/mol. The number of para-hydroxylation sites is 1. The quantitative estimate of drug-likeness (QED) is 0.566. The summed E-state index contributed by atoms with van der Waals surface area (Å²) >= 11 is 0. The molecule has 0 fully saturated rings. The summed E-state index contributed by atoms with van der Waals surface area (Å²) in [6.07, 6.45) is 1.87. The third-order valence-corrected chi connectivity index (χ3v) is 3.76. The molecule has 3 heteroatoms. The number of phenolic OH excluding ortho intramolecular Hbond substituents is 1. The van der Waals surface area contributed by atoms with Crippen LogP contribution in [0.5, 0.6) is 5.75 Å². The number of hydrogen-bond donors (Lipinski definition) is 1. The van der Waals surface area contributed by atoms with Gasteiger partial charge < -0.3 is 9.52 Å². The monoisotopic (exact) mass is 268 g/mol. The van der Waals surface area contributed by atoms with E-state index in [-0.39, 0.29) is 11.1 Å². The van der Waals surface area contributed by atoms with Gasteiger partial charge in [-0.15, -0.1) is 0 Å². The van der Waals surface area contributed by atoms with Gasteiger partial charge in [-0.1, -0.05) is 31.5 Å². The first kappa shape index (κ1) is 12.7. The highest BCUT2D eigenvalue weighted by atomic mass is 16.4. The fraction of sp³-hybridized carbons (Fsp3) is 0.235. The van der Waals surface area contributed by atoms with E-state index in [1.165, 1.54) is 0 Å². The van der Waals surface area contributed by atoms with Crippen LogP contribution in [0, 0.1) is 6.92 Å². The zero-order valence-electron chi connectivity index (χ0n) is 11.6. The highest BCUT2D eigenvalue weighted by Crippen LogP contribution is 2.33. The highest BCUT2D eigenvalue weighted by molar-refractivity contribution is 6.07. The van der Waals surface area contributed by atoms with Crippen molar-refractivity contribution in [1.29, 1.82) is 0 Å². The van der Waals surface area contributed by atoms with Crippen LogP contribution in [-0.2, 0) is 6.42 Å². The molecule has 0 amide bonds. The van der Waals surface area contributed by atoms with Gasteiger partial charge in [0.25, 0.3) is 0 Å². The van der Waals surface area contributed by atoms with Gasteiger partial charge in [0, 0.05) is 10.8 Å². The van der Waals surface area contributed by atoms with E-state index in [0.29, 0.717) is 5.58 Å². The summed E-state index contributed by atoms with van der Waals surface area (Å²) in [5, 5.41) is 12.2. The Bertz CT molecular complexity index is 859. The van der Waals surface area contributed by atoms with Crippen molar-refractivity contribution in [3.8, 4) is 5.75 Å². The molecule has 0 radical (unpaired) electrons. The van der Waals surface area contributed by atoms with Crippen LogP contribution in [-0.4, -0.2) is 5.11 Å². The standard InChI is InChI=1S/C17H16O3/c1-3-6-11-9-13-12-7-4-5-8-14(12)20-17(19)15(13)16(18)10(11)2/h4-5,7-9,18H,3,6H2,1-2H3. The fourth-order valence-electron chi connectivity index (χ4n) is 2.70. The Morgan fingerprint density at radius 2 is 1.95 bits per heavy atom. The van der Waals surface area contributed by atoms with E-state index in [1.807, 2.05) is 31.2 Å². The smallest absolute Gasteiger partial charge is 0.347 e. The molecule has 1 N–H and O–H groups in total. The van der Waals surface area contributed by atoms with E-state index in [4.69, 9.17) is 4.42 Å². The summed E-state index contributed by atoms with van der Waals surface area (Å²) in [5.74, 6) is 0.0467. The van der Waals surface area contributed by atoms with Crippen molar-refractivity contribution in [1.82, 2.24) is 0 Å². The fourth-order valence-corrected chi connectivity index (χ4v) is 2.70. The van der Waals surface area contributed by atoms with Gasteiger partial charge in [-0.3, -0.25) is 0 Å². The minimum absolute atomic E-state index is 0.0467. The Labute approximate surface area is 116 Å². The molecule has 0 atom stereocenters. The van der Waals surface area contributed by atoms with Gasteiger partial charge in [0.1, 0.15) is 16.7 Å². The summed E-state index contributed by atoms with van der Waals surface area (Å²) in [4.78, 5) is 12.1. The zero-order valence-corrected chi connectivity index (χ0v) is 11.6. The maximum atomic E-state index is 12.1. The molecule has 20 heavy (non-hydrogen) atoms. The molecule has 1 heterocycles. The summed E-state index contributed by atoms with van der Waals surface area (Å²) in [7, 11) is 0. The largest absolute Gasteiger partial charge is 0.507 e. The lowest BCUT2D eigenvalue weighted by molar-refractivity contribution is 0.472. The number of hydrogen-bond acceptors (Lipinski definition) is 3. The second-order valence-corrected chi connectivity index (χ2v) is 5.07. The Kier molecular flexibility index (Phi) is 2.97. The lowest BCUT2D eigenvalue weighted by atomic mass is 9.96. The second-order valence-electron chi connectivity index (χ2n) is 5.07. The Morgan fingerprint density at radius 3 is 2.70 bits per heavy atom. The highest BCUT2D eigenvalue weighted by Gasteiger charge is 2.15. The molecule has 0 saturated carbocycles. The summed E-state index contributed by atoms with van der Waals surface area (Å²) < 4.78 is 5.30. The molecule has 0 bridgehead atoms. The predicted octanol–water partition coefficient (Wildman–Crippen LogP) is 3.91. The number of benzene rings is 2. The maximum absolute atomic E-state index is 12.1. The van der Waals surface area contributed by atoms with Gasteiger partial charge in [0.05, 0.1) is 0 Å². The van der Waals surface area contributed by atoms with E-state index >= 15 is 0 Å². The van der Waals surface area contributed by atoms with Crippen LogP contribution < -0.4 is 5.63 Å². The van der Waals surface area contributed by atoms with Crippen molar-refractivity contribution in [2.24, 2.45) is 0 Å². The Hall–Kier alpha value is -2.29. The third kappa shape index (κ3) is 1.78. The first-order valence-electron chi connectivity index (χ1n) is 6.80. The zero-order chi connectivity index (χ0) is 14.3. The molecule has 3 rings (SSSR count). The number of fused-ring (bicyclic) bond motifs is 3. The Balaban J connectivity index is 2.54. The van der Waals surface area contributed by atoms with Crippen LogP contribution in [0.15, 0.2) is 39.5 Å². The van der Waals surface area contributed by atoms with Crippen LogP contribution in [0.1, 0.15) is 24.5 Å². The molecule has 3 nitrogen and oxygen atoms in total. The molecular formula is C17H16O3. The van der Waals surface area contributed by atoms with Gasteiger partial charge in [-0.2, -0.15) is 0 Å². The third-order valence-electron chi connectivity index (χ3n) is 3.76. The predicted molar refractivity (Wildman–Crippen MR) is 80.4 cm³/mol. The van der Waals surface area contributed by atoms with Gasteiger partial charge in [-0.05, 0) is 36.6 Å². The molecule has 0 spiro atoms. The topological polar surface area (TPSA) is 50.4 Å². The lowest BCUT2D eigenvalue weighted by Gasteiger charge is -2.11. The van der Waals surface area contributed by atoms with Crippen LogP contribution in [0.4, 0.5) is 0 Å². The lowest BCUT2D eigenvalue weighted by Crippen LogP contribution is -2.03. The SMILES string of the molecule is CCCc1cc2c(c(O)c1C)c(=O)oc1ccccc12. The van der Waals surface area contributed by atoms with Crippen molar-refractivity contribution < 1.29 is 9.52 Å². The van der Waals surface area contributed by atoms with Gasteiger partial charge in [0.2, 0.25) is 0 Å². The molecule has 0 aliphatic heterocycles. The van der Waals surface area contributed by atoms with Crippen molar-refractivity contribution >= 4 is 21.7 Å². The number of phenols is 1. The van der Waals surface area contributed by atoms with E-state index < -0.39 is 5.63 Å². The van der Waals surface area contributed by atoms with Crippen molar-refractivity contribution in [2.75, 3.05) is 0 Å². The number of rotatable bonds is 2. The van der Waals surface area contributed by atoms with Crippen molar-refractivity contribution in [3.05, 3.63) is 51.9 Å². The number of aromatic hydroxyl groups is 1. The molecule has 0 aliphatic rings. The van der Waals surface area contributed by atoms with E-state index in [0.717, 1.165) is 34.7 Å². The van der Waals surface area contributed by atoms with E-state index in [1.54, 1.807) is 6.07 Å².